The van der Waals surface area contributed by atoms with Gasteiger partial charge in [-0.3, -0.25) is 4.99 Å². The predicted molar refractivity (Wildman–Crippen MR) is 30.2 cm³/mol. The zero-order valence-electron chi connectivity index (χ0n) is 4.04. The van der Waals surface area contributed by atoms with E-state index < -0.39 is 0 Å². The van der Waals surface area contributed by atoms with Crippen molar-refractivity contribution in [3.05, 3.63) is 12.2 Å². The Morgan fingerprint density at radius 2 is 2.29 bits per heavy atom. The molecule has 0 spiro atoms. The Morgan fingerprint density at radius 1 is 1.71 bits per heavy atom. The number of rotatable bonds is 2. The van der Waals surface area contributed by atoms with Crippen LogP contribution in [0, 0.1) is 5.92 Å². The van der Waals surface area contributed by atoms with Crippen LogP contribution in [-0.2, 0) is 0 Å². The maximum atomic E-state index is 5.39. The molecule has 0 saturated heterocycles. The van der Waals surface area contributed by atoms with Crippen molar-refractivity contribution in [1.82, 2.24) is 0 Å². The molecule has 1 rings (SSSR count). The molecule has 0 aromatic rings. The Hall–Kier alpha value is -0.630. The smallest absolute Gasteiger partial charge is 0.106 e. The van der Waals surface area contributed by atoms with Gasteiger partial charge in [-0.05, 0) is 6.72 Å². The molecule has 0 aromatic carbocycles. The Balaban J connectivity index is 2.25. The second kappa shape index (κ2) is 1.46. The first-order valence-corrected chi connectivity index (χ1v) is 2.24. The van der Waals surface area contributed by atoms with Crippen molar-refractivity contribution in [3.63, 3.8) is 0 Å². The Morgan fingerprint density at radius 3 is 2.43 bits per heavy atom. The molecule has 1 unspecified atom stereocenters. The SMILES string of the molecule is C=NC(N)C1C=C1. The standard InChI is InChI=1S/C5H8N2/c1-7-5(6)4-2-3-4/h2-5H,1,6H2. The molecule has 0 aliphatic heterocycles. The van der Waals surface area contributed by atoms with Gasteiger partial charge in [0.05, 0.1) is 0 Å². The van der Waals surface area contributed by atoms with Gasteiger partial charge in [0, 0.05) is 5.92 Å². The van der Waals surface area contributed by atoms with Crippen LogP contribution in [0.5, 0.6) is 0 Å². The fourth-order valence-corrected chi connectivity index (χ4v) is 0.414. The van der Waals surface area contributed by atoms with Gasteiger partial charge in [0.1, 0.15) is 6.17 Å². The summed E-state index contributed by atoms with van der Waals surface area (Å²) >= 11 is 0. The number of hydrogen-bond donors (Lipinski definition) is 1. The fourth-order valence-electron chi connectivity index (χ4n) is 0.414. The lowest BCUT2D eigenvalue weighted by atomic mass is 10.3. The molecular formula is C5H8N2. The average molecular weight is 96.1 g/mol. The largest absolute Gasteiger partial charge is 0.309 e. The number of nitrogens with two attached hydrogens (primary N) is 1. The number of nitrogens with zero attached hydrogens (tertiary/aromatic N) is 1. The zero-order chi connectivity index (χ0) is 5.28. The average Bonchev–Trinajstić information content (AvgIpc) is 2.44. The summed E-state index contributed by atoms with van der Waals surface area (Å²) in [6.45, 7) is 3.31. The second-order valence-electron chi connectivity index (χ2n) is 1.64. The summed E-state index contributed by atoms with van der Waals surface area (Å²) in [5, 5.41) is 0. The van der Waals surface area contributed by atoms with E-state index in [1.54, 1.807) is 0 Å². The van der Waals surface area contributed by atoms with E-state index in [1.165, 1.54) is 0 Å². The highest BCUT2D eigenvalue weighted by Gasteiger charge is 2.17. The minimum Gasteiger partial charge on any atom is -0.309 e. The monoisotopic (exact) mass is 96.1 g/mol. The van der Waals surface area contributed by atoms with Gasteiger partial charge >= 0.3 is 0 Å². The lowest BCUT2D eigenvalue weighted by molar-refractivity contribution is 0.667. The van der Waals surface area contributed by atoms with Crippen LogP contribution in [-0.4, -0.2) is 12.9 Å². The Labute approximate surface area is 42.7 Å². The highest BCUT2D eigenvalue weighted by molar-refractivity contribution is 5.27. The first-order valence-electron chi connectivity index (χ1n) is 2.24. The first-order chi connectivity index (χ1) is 3.34. The minimum atomic E-state index is -0.0833. The summed E-state index contributed by atoms with van der Waals surface area (Å²) in [6.07, 6.45) is 3.94. The van der Waals surface area contributed by atoms with Crippen molar-refractivity contribution in [2.24, 2.45) is 16.6 Å². The van der Waals surface area contributed by atoms with E-state index in [4.69, 9.17) is 5.73 Å². The van der Waals surface area contributed by atoms with Crippen LogP contribution in [0.4, 0.5) is 0 Å². The van der Waals surface area contributed by atoms with Gasteiger partial charge < -0.3 is 5.73 Å². The molecule has 0 heterocycles. The highest BCUT2D eigenvalue weighted by Crippen LogP contribution is 2.18. The van der Waals surface area contributed by atoms with Crippen molar-refractivity contribution >= 4 is 6.72 Å². The summed E-state index contributed by atoms with van der Waals surface area (Å²) in [4.78, 5) is 3.62. The first kappa shape index (κ1) is 4.53. The van der Waals surface area contributed by atoms with E-state index in [0.29, 0.717) is 5.92 Å². The molecule has 0 amide bonds. The molecule has 1 aliphatic carbocycles. The van der Waals surface area contributed by atoms with Crippen LogP contribution < -0.4 is 5.73 Å². The van der Waals surface area contributed by atoms with E-state index in [2.05, 4.69) is 11.7 Å². The van der Waals surface area contributed by atoms with Gasteiger partial charge in [-0.15, -0.1) is 0 Å². The van der Waals surface area contributed by atoms with E-state index in [-0.39, 0.29) is 6.17 Å². The van der Waals surface area contributed by atoms with Crippen molar-refractivity contribution in [2.45, 2.75) is 6.17 Å². The molecule has 0 bridgehead atoms. The molecule has 2 nitrogen and oxygen atoms in total. The van der Waals surface area contributed by atoms with Gasteiger partial charge in [0.15, 0.2) is 0 Å². The molecular weight excluding hydrogens is 88.1 g/mol. The molecule has 0 fully saturated rings. The van der Waals surface area contributed by atoms with Crippen LogP contribution in [0.15, 0.2) is 17.1 Å². The van der Waals surface area contributed by atoms with Crippen LogP contribution in [0.25, 0.3) is 0 Å². The third-order valence-electron chi connectivity index (χ3n) is 1.02. The molecule has 2 N–H and O–H groups in total. The summed E-state index contributed by atoms with van der Waals surface area (Å²) < 4.78 is 0. The van der Waals surface area contributed by atoms with Gasteiger partial charge in [0.2, 0.25) is 0 Å². The van der Waals surface area contributed by atoms with Crippen molar-refractivity contribution < 1.29 is 0 Å². The van der Waals surface area contributed by atoms with Crippen LogP contribution in [0.2, 0.25) is 0 Å². The third kappa shape index (κ3) is 0.871. The topological polar surface area (TPSA) is 38.4 Å². The summed E-state index contributed by atoms with van der Waals surface area (Å²) in [6, 6.07) is 0. The molecule has 0 saturated carbocycles. The van der Waals surface area contributed by atoms with Crippen LogP contribution in [0.3, 0.4) is 0 Å². The van der Waals surface area contributed by atoms with E-state index >= 15 is 0 Å². The lowest BCUT2D eigenvalue weighted by Crippen LogP contribution is -2.19. The molecule has 0 radical (unpaired) electrons. The van der Waals surface area contributed by atoms with Crippen LogP contribution >= 0.6 is 0 Å². The van der Waals surface area contributed by atoms with E-state index in [9.17, 15) is 0 Å². The van der Waals surface area contributed by atoms with Gasteiger partial charge in [-0.25, -0.2) is 0 Å². The second-order valence-corrected chi connectivity index (χ2v) is 1.64. The Kier molecular flexibility index (Phi) is 0.947. The minimum absolute atomic E-state index is 0.0833. The molecule has 38 valence electrons. The molecule has 7 heavy (non-hydrogen) atoms. The number of aliphatic imine (C=N–C) groups is 1. The molecule has 1 atom stereocenters. The van der Waals surface area contributed by atoms with Crippen molar-refractivity contribution in [3.8, 4) is 0 Å². The van der Waals surface area contributed by atoms with Crippen molar-refractivity contribution in [2.75, 3.05) is 0 Å². The summed E-state index contributed by atoms with van der Waals surface area (Å²) in [7, 11) is 0. The van der Waals surface area contributed by atoms with Gasteiger partial charge in [-0.2, -0.15) is 0 Å². The van der Waals surface area contributed by atoms with Gasteiger partial charge in [0.25, 0.3) is 0 Å². The normalized spacial score (nSPS) is 21.9. The van der Waals surface area contributed by atoms with E-state index in [0.717, 1.165) is 0 Å². The fraction of sp³-hybridized carbons (Fsp3) is 0.400. The molecule has 0 aromatic heterocycles. The maximum Gasteiger partial charge on any atom is 0.106 e. The Bertz CT molecular complexity index is 101. The van der Waals surface area contributed by atoms with E-state index in [1.807, 2.05) is 12.2 Å². The highest BCUT2D eigenvalue weighted by atomic mass is 14.9. The third-order valence-corrected chi connectivity index (χ3v) is 1.02. The van der Waals surface area contributed by atoms with Crippen molar-refractivity contribution in [1.29, 1.82) is 0 Å². The quantitative estimate of drug-likeness (QED) is 0.386. The lowest BCUT2D eigenvalue weighted by Gasteiger charge is -1.98. The summed E-state index contributed by atoms with van der Waals surface area (Å²) in [5.74, 6) is 0.414. The predicted octanol–water partition coefficient (Wildman–Crippen LogP) is 0.158. The van der Waals surface area contributed by atoms with Crippen LogP contribution in [0.1, 0.15) is 0 Å². The maximum absolute atomic E-state index is 5.39. The molecule has 1 aliphatic rings. The number of hydrogen-bond acceptors (Lipinski definition) is 2. The molecule has 2 heteroatoms. The zero-order valence-corrected chi connectivity index (χ0v) is 4.04. The van der Waals surface area contributed by atoms with Gasteiger partial charge in [-0.1, -0.05) is 12.2 Å². The summed E-state index contributed by atoms with van der Waals surface area (Å²) in [5.41, 5.74) is 5.39.